The van der Waals surface area contributed by atoms with Crippen molar-refractivity contribution in [1.82, 2.24) is 0 Å². The highest BCUT2D eigenvalue weighted by molar-refractivity contribution is 14.1. The number of benzene rings is 2. The maximum atomic E-state index is 12.1. The first-order chi connectivity index (χ1) is 9.10. The van der Waals surface area contributed by atoms with Crippen LogP contribution in [-0.4, -0.2) is 13.0 Å². The Bertz CT molecular complexity index is 611. The fraction of sp³-hybridized carbons (Fsp3) is 0.133. The highest BCUT2D eigenvalue weighted by atomic mass is 127. The molecule has 0 unspecified atom stereocenters. The normalized spacial score (nSPS) is 10.1. The van der Waals surface area contributed by atoms with Gasteiger partial charge in [0.1, 0.15) is 5.75 Å². The monoisotopic (exact) mass is 367 g/mol. The van der Waals surface area contributed by atoms with Crippen LogP contribution in [0.4, 0.5) is 5.69 Å². The number of hydrogen-bond acceptors (Lipinski definition) is 2. The second kappa shape index (κ2) is 6.06. The molecule has 2 rings (SSSR count). The summed E-state index contributed by atoms with van der Waals surface area (Å²) in [5, 5.41) is 2.88. The van der Waals surface area contributed by atoms with E-state index >= 15 is 0 Å². The first kappa shape index (κ1) is 13.9. The molecule has 0 bridgehead atoms. The van der Waals surface area contributed by atoms with Crippen LogP contribution in [0.2, 0.25) is 0 Å². The van der Waals surface area contributed by atoms with Crippen LogP contribution in [0.1, 0.15) is 15.9 Å². The quantitative estimate of drug-likeness (QED) is 0.837. The summed E-state index contributed by atoms with van der Waals surface area (Å²) in [7, 11) is 1.62. The summed E-state index contributed by atoms with van der Waals surface area (Å²) < 4.78 is 6.09. The maximum absolute atomic E-state index is 12.1. The number of aryl methyl sites for hydroxylation is 1. The second-order valence-electron chi connectivity index (χ2n) is 4.17. The van der Waals surface area contributed by atoms with Gasteiger partial charge in [0.25, 0.3) is 5.91 Å². The molecule has 19 heavy (non-hydrogen) atoms. The van der Waals surface area contributed by atoms with E-state index in [9.17, 15) is 4.79 Å². The van der Waals surface area contributed by atoms with Gasteiger partial charge in [0.05, 0.1) is 10.7 Å². The largest absolute Gasteiger partial charge is 0.496 e. The summed E-state index contributed by atoms with van der Waals surface area (Å²) >= 11 is 2.15. The molecule has 0 spiro atoms. The Morgan fingerprint density at radius 3 is 2.63 bits per heavy atom. The number of amides is 1. The Kier molecular flexibility index (Phi) is 4.42. The molecule has 0 saturated heterocycles. The third-order valence-corrected chi connectivity index (χ3v) is 3.53. The molecule has 0 aromatic heterocycles. The molecular weight excluding hydrogens is 353 g/mol. The van der Waals surface area contributed by atoms with Gasteiger partial charge < -0.3 is 10.1 Å². The highest BCUT2D eigenvalue weighted by Gasteiger charge is 2.09. The number of carbonyl (C=O) groups excluding carboxylic acids is 1. The average molecular weight is 367 g/mol. The van der Waals surface area contributed by atoms with E-state index in [4.69, 9.17) is 4.74 Å². The van der Waals surface area contributed by atoms with Gasteiger partial charge in [-0.2, -0.15) is 0 Å². The molecule has 2 aromatic carbocycles. The Morgan fingerprint density at radius 2 is 2.00 bits per heavy atom. The smallest absolute Gasteiger partial charge is 0.255 e. The van der Waals surface area contributed by atoms with E-state index in [2.05, 4.69) is 27.9 Å². The van der Waals surface area contributed by atoms with Crippen molar-refractivity contribution in [3.63, 3.8) is 0 Å². The Labute approximate surface area is 126 Å². The molecule has 98 valence electrons. The van der Waals surface area contributed by atoms with Crippen LogP contribution in [0.15, 0.2) is 42.5 Å². The molecule has 1 amide bonds. The lowest BCUT2D eigenvalue weighted by Gasteiger charge is -2.08. The third-order valence-electron chi connectivity index (χ3n) is 2.69. The molecule has 0 aliphatic rings. The summed E-state index contributed by atoms with van der Waals surface area (Å²) in [5.74, 6) is 0.652. The van der Waals surface area contributed by atoms with Crippen LogP contribution in [-0.2, 0) is 0 Å². The molecule has 4 heteroatoms. The predicted molar refractivity (Wildman–Crippen MR) is 84.8 cm³/mol. The van der Waals surface area contributed by atoms with Gasteiger partial charge in [0.2, 0.25) is 0 Å². The van der Waals surface area contributed by atoms with Crippen molar-refractivity contribution in [2.75, 3.05) is 12.4 Å². The van der Waals surface area contributed by atoms with Crippen LogP contribution in [0.3, 0.4) is 0 Å². The fourth-order valence-corrected chi connectivity index (χ4v) is 2.47. The van der Waals surface area contributed by atoms with Gasteiger partial charge in [0.15, 0.2) is 0 Å². The summed E-state index contributed by atoms with van der Waals surface area (Å²) in [4.78, 5) is 12.1. The van der Waals surface area contributed by atoms with E-state index in [1.165, 1.54) is 0 Å². The highest BCUT2D eigenvalue weighted by Crippen LogP contribution is 2.22. The summed E-state index contributed by atoms with van der Waals surface area (Å²) in [5.41, 5.74) is 2.53. The summed E-state index contributed by atoms with van der Waals surface area (Å²) in [6.45, 7) is 1.99. The minimum absolute atomic E-state index is 0.119. The SMILES string of the molecule is COc1ccc(C(=O)Nc2cccc(C)c2)cc1I. The molecule has 0 radical (unpaired) electrons. The number of nitrogens with one attached hydrogen (secondary N) is 1. The minimum Gasteiger partial charge on any atom is -0.496 e. The summed E-state index contributed by atoms with van der Waals surface area (Å²) in [6.07, 6.45) is 0. The molecule has 0 aliphatic heterocycles. The van der Waals surface area contributed by atoms with Gasteiger partial charge in [-0.3, -0.25) is 4.79 Å². The zero-order chi connectivity index (χ0) is 13.8. The molecular formula is C15H14INO2. The van der Waals surface area contributed by atoms with Crippen molar-refractivity contribution in [2.45, 2.75) is 6.92 Å². The molecule has 0 fully saturated rings. The van der Waals surface area contributed by atoms with Crippen molar-refractivity contribution in [3.05, 3.63) is 57.2 Å². The first-order valence-electron chi connectivity index (χ1n) is 5.81. The minimum atomic E-state index is -0.119. The van der Waals surface area contributed by atoms with E-state index in [0.29, 0.717) is 5.56 Å². The van der Waals surface area contributed by atoms with Crippen LogP contribution < -0.4 is 10.1 Å². The van der Waals surface area contributed by atoms with Crippen molar-refractivity contribution in [1.29, 1.82) is 0 Å². The molecule has 0 heterocycles. The topological polar surface area (TPSA) is 38.3 Å². The van der Waals surface area contributed by atoms with E-state index in [0.717, 1.165) is 20.6 Å². The number of rotatable bonds is 3. The lowest BCUT2D eigenvalue weighted by atomic mass is 10.2. The number of ether oxygens (including phenoxy) is 1. The van der Waals surface area contributed by atoms with Crippen LogP contribution in [0.25, 0.3) is 0 Å². The Hall–Kier alpha value is -1.56. The molecule has 3 nitrogen and oxygen atoms in total. The average Bonchev–Trinajstić information content (AvgIpc) is 2.38. The summed E-state index contributed by atoms with van der Waals surface area (Å²) in [6, 6.07) is 13.1. The number of halogens is 1. The van der Waals surface area contributed by atoms with E-state index < -0.39 is 0 Å². The number of methoxy groups -OCH3 is 1. The number of anilines is 1. The Balaban J connectivity index is 2.18. The van der Waals surface area contributed by atoms with E-state index in [-0.39, 0.29) is 5.91 Å². The van der Waals surface area contributed by atoms with Gasteiger partial charge in [0, 0.05) is 11.3 Å². The molecule has 0 aliphatic carbocycles. The maximum Gasteiger partial charge on any atom is 0.255 e. The van der Waals surface area contributed by atoms with Gasteiger partial charge in [-0.1, -0.05) is 12.1 Å². The molecule has 0 atom stereocenters. The zero-order valence-electron chi connectivity index (χ0n) is 10.7. The van der Waals surface area contributed by atoms with Crippen molar-refractivity contribution in [2.24, 2.45) is 0 Å². The number of carbonyl (C=O) groups is 1. The van der Waals surface area contributed by atoms with Gasteiger partial charge in [-0.15, -0.1) is 0 Å². The standard InChI is InChI=1S/C15H14INO2/c1-10-4-3-5-12(8-10)17-15(18)11-6-7-14(19-2)13(16)9-11/h3-9H,1-2H3,(H,17,18). The lowest BCUT2D eigenvalue weighted by molar-refractivity contribution is 0.102. The lowest BCUT2D eigenvalue weighted by Crippen LogP contribution is -2.12. The van der Waals surface area contributed by atoms with E-state index in [1.54, 1.807) is 19.2 Å². The van der Waals surface area contributed by atoms with Crippen molar-refractivity contribution in [3.8, 4) is 5.75 Å². The first-order valence-corrected chi connectivity index (χ1v) is 6.89. The molecule has 0 saturated carbocycles. The Morgan fingerprint density at radius 1 is 1.21 bits per heavy atom. The molecule has 2 aromatic rings. The van der Waals surface area contributed by atoms with Crippen LogP contribution >= 0.6 is 22.6 Å². The van der Waals surface area contributed by atoms with E-state index in [1.807, 2.05) is 37.3 Å². The van der Waals surface area contributed by atoms with Crippen molar-refractivity contribution >= 4 is 34.2 Å². The third kappa shape index (κ3) is 3.47. The van der Waals surface area contributed by atoms with Crippen LogP contribution in [0.5, 0.6) is 5.75 Å². The zero-order valence-corrected chi connectivity index (χ0v) is 12.9. The second-order valence-corrected chi connectivity index (χ2v) is 5.34. The molecule has 1 N–H and O–H groups in total. The van der Waals surface area contributed by atoms with Crippen molar-refractivity contribution < 1.29 is 9.53 Å². The van der Waals surface area contributed by atoms with Crippen LogP contribution in [0, 0.1) is 10.5 Å². The predicted octanol–water partition coefficient (Wildman–Crippen LogP) is 3.86. The van der Waals surface area contributed by atoms with Gasteiger partial charge in [-0.05, 0) is 65.4 Å². The fourth-order valence-electron chi connectivity index (χ4n) is 1.73. The van der Waals surface area contributed by atoms with Gasteiger partial charge in [-0.25, -0.2) is 0 Å². The van der Waals surface area contributed by atoms with Gasteiger partial charge >= 0.3 is 0 Å². The number of hydrogen-bond donors (Lipinski definition) is 1.